The van der Waals surface area contributed by atoms with Gasteiger partial charge in [0.05, 0.1) is 17.8 Å². The van der Waals surface area contributed by atoms with Gasteiger partial charge in [-0.15, -0.1) is 0 Å². The van der Waals surface area contributed by atoms with Gasteiger partial charge in [0.15, 0.2) is 6.61 Å². The molecule has 2 aromatic carbocycles. The van der Waals surface area contributed by atoms with E-state index in [0.717, 1.165) is 29.0 Å². The van der Waals surface area contributed by atoms with Gasteiger partial charge < -0.3 is 14.7 Å². The van der Waals surface area contributed by atoms with E-state index in [4.69, 9.17) is 14.7 Å². The van der Waals surface area contributed by atoms with Gasteiger partial charge in [-0.2, -0.15) is 0 Å². The van der Waals surface area contributed by atoms with Crippen LogP contribution in [0.5, 0.6) is 5.75 Å². The van der Waals surface area contributed by atoms with Gasteiger partial charge in [-0.05, 0) is 47.7 Å². The predicted molar refractivity (Wildman–Crippen MR) is 125 cm³/mol. The van der Waals surface area contributed by atoms with Crippen LogP contribution >= 0.6 is 0 Å². The molecule has 0 bridgehead atoms. The molecule has 6 heteroatoms. The van der Waals surface area contributed by atoms with Crippen LogP contribution in [0.2, 0.25) is 0 Å². The van der Waals surface area contributed by atoms with Crippen LogP contribution in [0.25, 0.3) is 11.3 Å². The molecule has 0 aliphatic carbocycles. The SMILES string of the molecule is CC(C)CC(=NOCCOc1cccc(CC(=O)O)c1)c1ccc(-c2ccccn2)cc1. The molecule has 0 aliphatic rings. The summed E-state index contributed by atoms with van der Waals surface area (Å²) in [6.45, 7) is 4.89. The summed E-state index contributed by atoms with van der Waals surface area (Å²) in [6, 6.07) is 21.1. The van der Waals surface area contributed by atoms with E-state index in [1.54, 1.807) is 30.5 Å². The Morgan fingerprint density at radius 1 is 1.03 bits per heavy atom. The highest BCUT2D eigenvalue weighted by Gasteiger charge is 2.09. The van der Waals surface area contributed by atoms with Crippen molar-refractivity contribution in [3.8, 4) is 17.0 Å². The van der Waals surface area contributed by atoms with Gasteiger partial charge in [-0.3, -0.25) is 9.78 Å². The number of carbonyl (C=O) groups is 1. The first-order chi connectivity index (χ1) is 15.5. The van der Waals surface area contributed by atoms with Crippen LogP contribution in [0.3, 0.4) is 0 Å². The van der Waals surface area contributed by atoms with Crippen molar-refractivity contribution >= 4 is 11.7 Å². The molecular formula is C26H28N2O4. The zero-order valence-electron chi connectivity index (χ0n) is 18.4. The fourth-order valence-electron chi connectivity index (χ4n) is 3.20. The van der Waals surface area contributed by atoms with Crippen molar-refractivity contribution in [3.05, 3.63) is 84.1 Å². The van der Waals surface area contributed by atoms with Crippen molar-refractivity contribution in [2.45, 2.75) is 26.7 Å². The van der Waals surface area contributed by atoms with E-state index < -0.39 is 5.97 Å². The number of aromatic nitrogens is 1. The van der Waals surface area contributed by atoms with E-state index in [-0.39, 0.29) is 13.0 Å². The molecule has 1 aromatic heterocycles. The summed E-state index contributed by atoms with van der Waals surface area (Å²) in [5.41, 5.74) is 4.58. The maximum Gasteiger partial charge on any atom is 0.307 e. The molecule has 0 saturated heterocycles. The molecule has 3 aromatic rings. The molecule has 3 rings (SSSR count). The molecule has 0 spiro atoms. The predicted octanol–water partition coefficient (Wildman–Crippen LogP) is 5.22. The van der Waals surface area contributed by atoms with Gasteiger partial charge >= 0.3 is 5.97 Å². The highest BCUT2D eigenvalue weighted by Crippen LogP contribution is 2.19. The van der Waals surface area contributed by atoms with E-state index in [2.05, 4.69) is 24.0 Å². The minimum atomic E-state index is -0.870. The van der Waals surface area contributed by atoms with E-state index >= 15 is 0 Å². The lowest BCUT2D eigenvalue weighted by Gasteiger charge is -2.11. The summed E-state index contributed by atoms with van der Waals surface area (Å²) in [5.74, 6) is 0.176. The number of oxime groups is 1. The van der Waals surface area contributed by atoms with Crippen LogP contribution in [0, 0.1) is 5.92 Å². The topological polar surface area (TPSA) is 81.0 Å². The van der Waals surface area contributed by atoms with Gasteiger partial charge in [-0.25, -0.2) is 0 Å². The molecule has 1 N–H and O–H groups in total. The van der Waals surface area contributed by atoms with Crippen LogP contribution in [0.4, 0.5) is 0 Å². The van der Waals surface area contributed by atoms with Crippen LogP contribution in [-0.4, -0.2) is 35.0 Å². The van der Waals surface area contributed by atoms with Gasteiger partial charge in [-0.1, -0.05) is 61.5 Å². The third kappa shape index (κ3) is 7.23. The van der Waals surface area contributed by atoms with Gasteiger partial charge in [0, 0.05) is 11.8 Å². The zero-order valence-corrected chi connectivity index (χ0v) is 18.4. The summed E-state index contributed by atoms with van der Waals surface area (Å²) in [5, 5.41) is 13.3. The summed E-state index contributed by atoms with van der Waals surface area (Å²) in [6.07, 6.45) is 2.55. The van der Waals surface area contributed by atoms with Gasteiger partial charge in [0.25, 0.3) is 0 Å². The minimum absolute atomic E-state index is 0.0321. The minimum Gasteiger partial charge on any atom is -0.490 e. The van der Waals surface area contributed by atoms with Crippen molar-refractivity contribution in [1.82, 2.24) is 4.98 Å². The van der Waals surface area contributed by atoms with E-state index in [1.165, 1.54) is 0 Å². The lowest BCUT2D eigenvalue weighted by atomic mass is 9.99. The summed E-state index contributed by atoms with van der Waals surface area (Å²) >= 11 is 0. The average Bonchev–Trinajstić information content (AvgIpc) is 2.78. The molecule has 6 nitrogen and oxygen atoms in total. The Bertz CT molecular complexity index is 1030. The summed E-state index contributed by atoms with van der Waals surface area (Å²) < 4.78 is 5.67. The van der Waals surface area contributed by atoms with E-state index in [9.17, 15) is 4.79 Å². The molecule has 0 aliphatic heterocycles. The van der Waals surface area contributed by atoms with Crippen molar-refractivity contribution in [2.24, 2.45) is 11.1 Å². The van der Waals surface area contributed by atoms with Crippen molar-refractivity contribution in [2.75, 3.05) is 13.2 Å². The number of carboxylic acids is 1. The Kier molecular flexibility index (Phi) is 8.37. The standard InChI is InChI=1S/C26H28N2O4/c1-19(2)16-25(22-11-9-21(10-12-22)24-8-3-4-13-27-24)28-32-15-14-31-23-7-5-6-20(17-23)18-26(29)30/h3-13,17,19H,14-16,18H2,1-2H3,(H,29,30). The van der Waals surface area contributed by atoms with Crippen LogP contribution in [0.1, 0.15) is 31.4 Å². The number of hydrogen-bond donors (Lipinski definition) is 1. The Hall–Kier alpha value is -3.67. The lowest BCUT2D eigenvalue weighted by Crippen LogP contribution is -2.09. The number of hydrogen-bond acceptors (Lipinski definition) is 5. The van der Waals surface area contributed by atoms with E-state index in [1.807, 2.05) is 42.5 Å². The van der Waals surface area contributed by atoms with Crippen molar-refractivity contribution in [1.29, 1.82) is 0 Å². The quantitative estimate of drug-likeness (QED) is 0.255. The van der Waals surface area contributed by atoms with Crippen LogP contribution < -0.4 is 4.74 Å². The molecule has 32 heavy (non-hydrogen) atoms. The number of carboxylic acid groups (broad SMARTS) is 1. The Morgan fingerprint density at radius 3 is 2.53 bits per heavy atom. The molecule has 1 heterocycles. The number of ether oxygens (including phenoxy) is 1. The van der Waals surface area contributed by atoms with Gasteiger partial charge in [0.2, 0.25) is 0 Å². The third-order valence-corrected chi connectivity index (χ3v) is 4.65. The second-order valence-corrected chi connectivity index (χ2v) is 7.83. The smallest absolute Gasteiger partial charge is 0.307 e. The van der Waals surface area contributed by atoms with Crippen molar-refractivity contribution in [3.63, 3.8) is 0 Å². The van der Waals surface area contributed by atoms with Crippen LogP contribution in [-0.2, 0) is 16.1 Å². The fraction of sp³-hybridized carbons (Fsp3) is 0.269. The zero-order chi connectivity index (χ0) is 22.8. The highest BCUT2D eigenvalue weighted by molar-refractivity contribution is 6.00. The van der Waals surface area contributed by atoms with Crippen molar-refractivity contribution < 1.29 is 19.5 Å². The molecule has 166 valence electrons. The maximum absolute atomic E-state index is 10.8. The number of benzene rings is 2. The maximum atomic E-state index is 10.8. The number of pyridine rings is 1. The molecule has 0 atom stereocenters. The van der Waals surface area contributed by atoms with E-state index in [0.29, 0.717) is 23.8 Å². The molecular weight excluding hydrogens is 404 g/mol. The molecule has 0 amide bonds. The van der Waals surface area contributed by atoms with Crippen LogP contribution in [0.15, 0.2) is 78.1 Å². The Morgan fingerprint density at radius 2 is 1.84 bits per heavy atom. The molecule has 0 unspecified atom stereocenters. The molecule has 0 radical (unpaired) electrons. The average molecular weight is 433 g/mol. The highest BCUT2D eigenvalue weighted by atomic mass is 16.6. The summed E-state index contributed by atoms with van der Waals surface area (Å²) in [4.78, 5) is 20.8. The fourth-order valence-corrected chi connectivity index (χ4v) is 3.20. The Labute approximate surface area is 188 Å². The second kappa shape index (κ2) is 11.6. The lowest BCUT2D eigenvalue weighted by molar-refractivity contribution is -0.136. The first-order valence-corrected chi connectivity index (χ1v) is 10.7. The number of rotatable bonds is 11. The summed E-state index contributed by atoms with van der Waals surface area (Å²) in [7, 11) is 0. The molecule has 0 fully saturated rings. The third-order valence-electron chi connectivity index (χ3n) is 4.65. The first-order valence-electron chi connectivity index (χ1n) is 10.7. The number of nitrogens with zero attached hydrogens (tertiary/aromatic N) is 2. The number of aliphatic carboxylic acids is 1. The van der Waals surface area contributed by atoms with Gasteiger partial charge in [0.1, 0.15) is 12.4 Å². The normalized spacial score (nSPS) is 11.4. The second-order valence-electron chi connectivity index (χ2n) is 7.83. The monoisotopic (exact) mass is 432 g/mol. The Balaban J connectivity index is 1.58. The first kappa shape index (κ1) is 23.0. The molecule has 0 saturated carbocycles. The largest absolute Gasteiger partial charge is 0.490 e.